The number of amides is 3. The monoisotopic (exact) mass is 379 g/mol. The molecule has 0 radical (unpaired) electrons. The average Bonchev–Trinajstić information content (AvgIpc) is 3.35. The van der Waals surface area contributed by atoms with E-state index in [9.17, 15) is 9.59 Å². The van der Waals surface area contributed by atoms with Crippen LogP contribution in [0.3, 0.4) is 0 Å². The standard InChI is InChI=1S/C20H21N5O3/c1-14-18(15(2)28-22-14)12-24-11-17(10-21-24)25-19(26)13-23(20(25)27)9-8-16-6-4-3-5-7-16/h3-7,10-11H,8-9,12-13H2,1-2H3. The number of imide groups is 1. The van der Waals surface area contributed by atoms with Gasteiger partial charge in [-0.15, -0.1) is 0 Å². The fourth-order valence-electron chi connectivity index (χ4n) is 3.33. The van der Waals surface area contributed by atoms with Crippen molar-refractivity contribution in [2.45, 2.75) is 26.8 Å². The normalized spacial score (nSPS) is 14.4. The zero-order chi connectivity index (χ0) is 19.7. The average molecular weight is 379 g/mol. The Morgan fingerprint density at radius 2 is 1.93 bits per heavy atom. The largest absolute Gasteiger partial charge is 0.361 e. The molecule has 3 heterocycles. The molecular formula is C20H21N5O3. The van der Waals surface area contributed by atoms with Crippen molar-refractivity contribution in [3.8, 4) is 0 Å². The van der Waals surface area contributed by atoms with Gasteiger partial charge < -0.3 is 9.42 Å². The first-order valence-electron chi connectivity index (χ1n) is 9.13. The lowest BCUT2D eigenvalue weighted by atomic mass is 10.1. The van der Waals surface area contributed by atoms with E-state index in [0.29, 0.717) is 25.2 Å². The van der Waals surface area contributed by atoms with Crippen LogP contribution in [-0.4, -0.2) is 44.9 Å². The van der Waals surface area contributed by atoms with Gasteiger partial charge in [-0.3, -0.25) is 9.48 Å². The molecule has 3 aromatic rings. The molecule has 8 nitrogen and oxygen atoms in total. The van der Waals surface area contributed by atoms with Crippen LogP contribution < -0.4 is 4.90 Å². The van der Waals surface area contributed by atoms with Crippen molar-refractivity contribution < 1.29 is 14.1 Å². The minimum absolute atomic E-state index is 0.0840. The van der Waals surface area contributed by atoms with E-state index < -0.39 is 0 Å². The Morgan fingerprint density at radius 1 is 1.14 bits per heavy atom. The minimum Gasteiger partial charge on any atom is -0.361 e. The van der Waals surface area contributed by atoms with E-state index in [1.165, 1.54) is 11.1 Å². The van der Waals surface area contributed by atoms with E-state index in [1.807, 2.05) is 44.2 Å². The summed E-state index contributed by atoms with van der Waals surface area (Å²) >= 11 is 0. The molecule has 0 aliphatic carbocycles. The minimum atomic E-state index is -0.308. The number of aryl methyl sites for hydroxylation is 2. The van der Waals surface area contributed by atoms with Gasteiger partial charge in [-0.1, -0.05) is 35.5 Å². The Hall–Kier alpha value is -3.42. The van der Waals surface area contributed by atoms with Crippen LogP contribution in [0.2, 0.25) is 0 Å². The second-order valence-corrected chi connectivity index (χ2v) is 6.87. The van der Waals surface area contributed by atoms with Gasteiger partial charge in [0.15, 0.2) is 0 Å². The molecule has 3 amide bonds. The summed E-state index contributed by atoms with van der Waals surface area (Å²) in [4.78, 5) is 28.0. The maximum absolute atomic E-state index is 12.7. The number of hydrogen-bond acceptors (Lipinski definition) is 5. The number of anilines is 1. The van der Waals surface area contributed by atoms with Crippen molar-refractivity contribution in [1.82, 2.24) is 19.8 Å². The molecule has 0 N–H and O–H groups in total. The molecule has 1 aliphatic heterocycles. The van der Waals surface area contributed by atoms with Crippen LogP contribution in [0.5, 0.6) is 0 Å². The van der Waals surface area contributed by atoms with Crippen LogP contribution in [-0.2, 0) is 17.8 Å². The van der Waals surface area contributed by atoms with Gasteiger partial charge in [-0.05, 0) is 25.8 Å². The fraction of sp³-hybridized carbons (Fsp3) is 0.300. The lowest BCUT2D eigenvalue weighted by Gasteiger charge is -2.15. The summed E-state index contributed by atoms with van der Waals surface area (Å²) < 4.78 is 6.84. The van der Waals surface area contributed by atoms with E-state index in [1.54, 1.807) is 15.8 Å². The summed E-state index contributed by atoms with van der Waals surface area (Å²) in [5.41, 5.74) is 3.35. The van der Waals surface area contributed by atoms with Gasteiger partial charge >= 0.3 is 6.03 Å². The fourth-order valence-corrected chi connectivity index (χ4v) is 3.33. The summed E-state index contributed by atoms with van der Waals surface area (Å²) in [5.74, 6) is 0.491. The third-order valence-corrected chi connectivity index (χ3v) is 4.93. The molecule has 8 heteroatoms. The molecule has 4 rings (SSSR count). The molecule has 28 heavy (non-hydrogen) atoms. The Labute approximate surface area is 162 Å². The van der Waals surface area contributed by atoms with Gasteiger partial charge in [-0.2, -0.15) is 5.10 Å². The molecular weight excluding hydrogens is 358 g/mol. The first kappa shape index (κ1) is 18.0. The third-order valence-electron chi connectivity index (χ3n) is 4.93. The highest BCUT2D eigenvalue weighted by Crippen LogP contribution is 2.22. The summed E-state index contributed by atoms with van der Waals surface area (Å²) in [6.45, 7) is 4.76. The molecule has 0 bridgehead atoms. The lowest BCUT2D eigenvalue weighted by Crippen LogP contribution is -2.33. The first-order chi connectivity index (χ1) is 13.5. The smallest absolute Gasteiger partial charge is 0.331 e. The van der Waals surface area contributed by atoms with Crippen molar-refractivity contribution in [1.29, 1.82) is 0 Å². The van der Waals surface area contributed by atoms with E-state index in [0.717, 1.165) is 22.6 Å². The molecule has 0 saturated carbocycles. The maximum Gasteiger partial charge on any atom is 0.331 e. The van der Waals surface area contributed by atoms with Crippen molar-refractivity contribution in [2.75, 3.05) is 18.0 Å². The number of rotatable bonds is 6. The number of carbonyl (C=O) groups is 2. The SMILES string of the molecule is Cc1noc(C)c1Cn1cc(N2C(=O)CN(CCc3ccccc3)C2=O)cn1. The van der Waals surface area contributed by atoms with E-state index in [-0.39, 0.29) is 18.5 Å². The molecule has 0 spiro atoms. The van der Waals surface area contributed by atoms with Gasteiger partial charge in [0.2, 0.25) is 0 Å². The highest BCUT2D eigenvalue weighted by Gasteiger charge is 2.37. The highest BCUT2D eigenvalue weighted by atomic mass is 16.5. The molecule has 1 saturated heterocycles. The molecule has 144 valence electrons. The highest BCUT2D eigenvalue weighted by molar-refractivity contribution is 6.19. The summed E-state index contributed by atoms with van der Waals surface area (Å²) in [6.07, 6.45) is 3.94. The van der Waals surface area contributed by atoms with E-state index in [2.05, 4.69) is 10.3 Å². The van der Waals surface area contributed by atoms with Gasteiger partial charge in [0.1, 0.15) is 12.3 Å². The van der Waals surface area contributed by atoms with Crippen LogP contribution in [0, 0.1) is 13.8 Å². The number of benzene rings is 1. The van der Waals surface area contributed by atoms with Crippen LogP contribution >= 0.6 is 0 Å². The molecule has 1 aromatic carbocycles. The molecule has 1 fully saturated rings. The predicted octanol–water partition coefficient (Wildman–Crippen LogP) is 2.55. The Bertz CT molecular complexity index is 989. The van der Waals surface area contributed by atoms with Crippen LogP contribution in [0.4, 0.5) is 10.5 Å². The number of carbonyl (C=O) groups excluding carboxylic acids is 2. The number of hydrogen-bond donors (Lipinski definition) is 0. The number of urea groups is 1. The first-order valence-corrected chi connectivity index (χ1v) is 9.13. The number of nitrogens with zero attached hydrogens (tertiary/aromatic N) is 5. The molecule has 2 aromatic heterocycles. The maximum atomic E-state index is 12.7. The second-order valence-electron chi connectivity index (χ2n) is 6.87. The van der Waals surface area contributed by atoms with Crippen LogP contribution in [0.15, 0.2) is 47.2 Å². The summed E-state index contributed by atoms with van der Waals surface area (Å²) in [6, 6.07) is 9.60. The third kappa shape index (κ3) is 3.40. The zero-order valence-corrected chi connectivity index (χ0v) is 15.8. The molecule has 1 aliphatic rings. The van der Waals surface area contributed by atoms with Crippen LogP contribution in [0.25, 0.3) is 0 Å². The van der Waals surface area contributed by atoms with Crippen molar-refractivity contribution in [3.05, 3.63) is 65.3 Å². The van der Waals surface area contributed by atoms with Gasteiger partial charge in [-0.25, -0.2) is 9.69 Å². The Balaban J connectivity index is 1.45. The topological polar surface area (TPSA) is 84.5 Å². The van der Waals surface area contributed by atoms with Crippen molar-refractivity contribution in [2.24, 2.45) is 0 Å². The number of aromatic nitrogens is 3. The predicted molar refractivity (Wildman–Crippen MR) is 102 cm³/mol. The second kappa shape index (κ2) is 7.30. The van der Waals surface area contributed by atoms with E-state index >= 15 is 0 Å². The van der Waals surface area contributed by atoms with Gasteiger partial charge in [0, 0.05) is 18.3 Å². The van der Waals surface area contributed by atoms with E-state index in [4.69, 9.17) is 4.52 Å². The zero-order valence-electron chi connectivity index (χ0n) is 15.8. The molecule has 0 unspecified atom stereocenters. The van der Waals surface area contributed by atoms with Crippen molar-refractivity contribution >= 4 is 17.6 Å². The van der Waals surface area contributed by atoms with Gasteiger partial charge in [0.25, 0.3) is 5.91 Å². The summed E-state index contributed by atoms with van der Waals surface area (Å²) in [7, 11) is 0. The van der Waals surface area contributed by atoms with Crippen molar-refractivity contribution in [3.63, 3.8) is 0 Å². The lowest BCUT2D eigenvalue weighted by molar-refractivity contribution is -0.116. The van der Waals surface area contributed by atoms with Gasteiger partial charge in [0.05, 0.1) is 24.1 Å². The molecule has 0 atom stereocenters. The van der Waals surface area contributed by atoms with Crippen LogP contribution in [0.1, 0.15) is 22.6 Å². The summed E-state index contributed by atoms with van der Waals surface area (Å²) in [5, 5.41) is 8.22. The Kier molecular flexibility index (Phi) is 4.68. The Morgan fingerprint density at radius 3 is 2.64 bits per heavy atom. The quantitative estimate of drug-likeness (QED) is 0.615.